The number of furan rings is 1. The van der Waals surface area contributed by atoms with Gasteiger partial charge < -0.3 is 24.7 Å². The zero-order chi connectivity index (χ0) is 24.3. The summed E-state index contributed by atoms with van der Waals surface area (Å²) < 4.78 is 10.4. The molecular weight excluding hydrogens is 434 g/mol. The lowest BCUT2D eigenvalue weighted by Gasteiger charge is -2.33. The molecular formula is C26H35N3O5. The molecule has 34 heavy (non-hydrogen) atoms. The van der Waals surface area contributed by atoms with E-state index in [9.17, 15) is 14.4 Å². The Balaban J connectivity index is 1.82. The number of hydrogen-bond donors (Lipinski definition) is 2. The molecule has 0 bridgehead atoms. The highest BCUT2D eigenvalue weighted by Gasteiger charge is 2.32. The smallest absolute Gasteiger partial charge is 0.287 e. The Morgan fingerprint density at radius 3 is 2.47 bits per heavy atom. The van der Waals surface area contributed by atoms with E-state index in [4.69, 9.17) is 9.15 Å². The Labute approximate surface area is 201 Å². The number of amides is 3. The van der Waals surface area contributed by atoms with Crippen LogP contribution in [0.5, 0.6) is 5.75 Å². The van der Waals surface area contributed by atoms with Crippen molar-refractivity contribution in [3.8, 4) is 5.75 Å². The maximum atomic E-state index is 13.6. The molecule has 1 heterocycles. The van der Waals surface area contributed by atoms with Crippen molar-refractivity contribution < 1.29 is 23.5 Å². The molecule has 184 valence electrons. The molecule has 8 heteroatoms. The van der Waals surface area contributed by atoms with E-state index < -0.39 is 11.9 Å². The highest BCUT2D eigenvalue weighted by Crippen LogP contribution is 2.26. The largest absolute Gasteiger partial charge is 0.497 e. The van der Waals surface area contributed by atoms with Crippen LogP contribution in [0.3, 0.4) is 0 Å². The number of nitrogens with one attached hydrogen (secondary N) is 2. The van der Waals surface area contributed by atoms with Gasteiger partial charge in [-0.05, 0) is 49.1 Å². The number of nitrogens with zero attached hydrogens (tertiary/aromatic N) is 1. The van der Waals surface area contributed by atoms with Crippen LogP contribution in [0.4, 0.5) is 0 Å². The van der Waals surface area contributed by atoms with E-state index in [1.165, 1.54) is 18.8 Å². The molecule has 1 fully saturated rings. The SMILES string of the molecule is CCCCN(C(=O)CNC(=O)c1ccco1)[C@@H](C(=O)NC1CCCCC1)c1ccc(OC)cc1. The number of ether oxygens (including phenoxy) is 1. The molecule has 0 aliphatic heterocycles. The molecule has 1 atom stereocenters. The summed E-state index contributed by atoms with van der Waals surface area (Å²) in [6, 6.07) is 9.67. The summed E-state index contributed by atoms with van der Waals surface area (Å²) in [5.41, 5.74) is 0.705. The third-order valence-corrected chi connectivity index (χ3v) is 6.16. The monoisotopic (exact) mass is 469 g/mol. The van der Waals surface area contributed by atoms with Crippen LogP contribution in [0.15, 0.2) is 47.1 Å². The summed E-state index contributed by atoms with van der Waals surface area (Å²) in [7, 11) is 1.58. The van der Waals surface area contributed by atoms with Crippen molar-refractivity contribution in [3.63, 3.8) is 0 Å². The molecule has 2 N–H and O–H groups in total. The first-order chi connectivity index (χ1) is 16.5. The zero-order valence-corrected chi connectivity index (χ0v) is 20.0. The number of rotatable bonds is 11. The molecule has 1 aromatic carbocycles. The summed E-state index contributed by atoms with van der Waals surface area (Å²) in [4.78, 5) is 40.8. The number of benzene rings is 1. The van der Waals surface area contributed by atoms with Gasteiger partial charge in [-0.15, -0.1) is 0 Å². The summed E-state index contributed by atoms with van der Waals surface area (Å²) in [5, 5.41) is 5.79. The third-order valence-electron chi connectivity index (χ3n) is 6.16. The van der Waals surface area contributed by atoms with Crippen LogP contribution < -0.4 is 15.4 Å². The van der Waals surface area contributed by atoms with Crippen molar-refractivity contribution in [1.82, 2.24) is 15.5 Å². The highest BCUT2D eigenvalue weighted by molar-refractivity contribution is 5.95. The molecule has 2 aromatic rings. The Hall–Kier alpha value is -3.29. The van der Waals surface area contributed by atoms with Crippen molar-refractivity contribution in [2.45, 2.75) is 64.0 Å². The molecule has 0 spiro atoms. The maximum Gasteiger partial charge on any atom is 0.287 e. The van der Waals surface area contributed by atoms with Gasteiger partial charge in [-0.2, -0.15) is 0 Å². The van der Waals surface area contributed by atoms with Crippen LogP contribution in [0, 0.1) is 0 Å². The van der Waals surface area contributed by atoms with E-state index >= 15 is 0 Å². The minimum absolute atomic E-state index is 0.115. The second kappa shape index (κ2) is 12.8. The van der Waals surface area contributed by atoms with Crippen molar-refractivity contribution in [3.05, 3.63) is 54.0 Å². The molecule has 1 aliphatic rings. The number of carbonyl (C=O) groups excluding carboxylic acids is 3. The normalized spacial score (nSPS) is 14.8. The van der Waals surface area contributed by atoms with E-state index in [0.717, 1.165) is 38.5 Å². The topological polar surface area (TPSA) is 101 Å². The van der Waals surface area contributed by atoms with E-state index in [0.29, 0.717) is 17.9 Å². The lowest BCUT2D eigenvalue weighted by Crippen LogP contribution is -2.49. The first kappa shape index (κ1) is 25.3. The van der Waals surface area contributed by atoms with Gasteiger partial charge in [-0.3, -0.25) is 14.4 Å². The fourth-order valence-corrected chi connectivity index (χ4v) is 4.26. The summed E-state index contributed by atoms with van der Waals surface area (Å²) in [6.07, 6.45) is 8.27. The highest BCUT2D eigenvalue weighted by atomic mass is 16.5. The van der Waals surface area contributed by atoms with Gasteiger partial charge >= 0.3 is 0 Å². The maximum absolute atomic E-state index is 13.6. The molecule has 3 amide bonds. The summed E-state index contributed by atoms with van der Waals surface area (Å²) >= 11 is 0. The lowest BCUT2D eigenvalue weighted by atomic mass is 9.94. The second-order valence-corrected chi connectivity index (χ2v) is 8.62. The van der Waals surface area contributed by atoms with Gasteiger partial charge in [0.25, 0.3) is 5.91 Å². The number of unbranched alkanes of at least 4 members (excludes halogenated alkanes) is 1. The first-order valence-electron chi connectivity index (χ1n) is 12.1. The molecule has 0 radical (unpaired) electrons. The van der Waals surface area contributed by atoms with E-state index in [2.05, 4.69) is 10.6 Å². The van der Waals surface area contributed by atoms with Gasteiger partial charge in [0.2, 0.25) is 11.8 Å². The van der Waals surface area contributed by atoms with Crippen LogP contribution in [-0.2, 0) is 9.59 Å². The van der Waals surface area contributed by atoms with Gasteiger partial charge in [-0.1, -0.05) is 44.7 Å². The Kier molecular flexibility index (Phi) is 9.55. The van der Waals surface area contributed by atoms with Crippen molar-refractivity contribution in [1.29, 1.82) is 0 Å². The molecule has 1 aromatic heterocycles. The van der Waals surface area contributed by atoms with Crippen LogP contribution in [0.2, 0.25) is 0 Å². The molecule has 0 unspecified atom stereocenters. The predicted molar refractivity (Wildman–Crippen MR) is 128 cm³/mol. The summed E-state index contributed by atoms with van der Waals surface area (Å²) in [5.74, 6) is -0.185. The number of methoxy groups -OCH3 is 1. The fourth-order valence-electron chi connectivity index (χ4n) is 4.26. The quantitative estimate of drug-likeness (QED) is 0.521. The molecule has 1 saturated carbocycles. The molecule has 1 aliphatic carbocycles. The van der Waals surface area contributed by atoms with Crippen LogP contribution in [-0.4, -0.2) is 48.9 Å². The molecule has 0 saturated heterocycles. The average molecular weight is 470 g/mol. The Morgan fingerprint density at radius 2 is 1.85 bits per heavy atom. The second-order valence-electron chi connectivity index (χ2n) is 8.62. The minimum Gasteiger partial charge on any atom is -0.497 e. The predicted octanol–water partition coefficient (Wildman–Crippen LogP) is 3.84. The molecule has 3 rings (SSSR count). The van der Waals surface area contributed by atoms with Gasteiger partial charge in [0.1, 0.15) is 11.8 Å². The van der Waals surface area contributed by atoms with Gasteiger partial charge in [0.05, 0.1) is 19.9 Å². The van der Waals surface area contributed by atoms with E-state index in [1.54, 1.807) is 30.2 Å². The fraction of sp³-hybridized carbons (Fsp3) is 0.500. The summed E-state index contributed by atoms with van der Waals surface area (Å²) in [6.45, 7) is 2.21. The van der Waals surface area contributed by atoms with Crippen LogP contribution >= 0.6 is 0 Å². The van der Waals surface area contributed by atoms with Crippen molar-refractivity contribution >= 4 is 17.7 Å². The van der Waals surface area contributed by atoms with Crippen LogP contribution in [0.1, 0.15) is 74.0 Å². The Morgan fingerprint density at radius 1 is 1.12 bits per heavy atom. The standard InChI is InChI=1S/C26H35N3O5/c1-3-4-16-29(23(30)18-27-25(31)22-11-8-17-34-22)24(19-12-14-21(33-2)15-13-19)26(32)28-20-9-6-5-7-10-20/h8,11-15,17,20,24H,3-7,9-10,16,18H2,1-2H3,(H,27,31)(H,28,32)/t24-/m1/s1. The third kappa shape index (κ3) is 6.85. The van der Waals surface area contributed by atoms with Gasteiger partial charge in [0.15, 0.2) is 5.76 Å². The van der Waals surface area contributed by atoms with Crippen molar-refractivity contribution in [2.75, 3.05) is 20.2 Å². The Bertz CT molecular complexity index is 920. The van der Waals surface area contributed by atoms with Crippen molar-refractivity contribution in [2.24, 2.45) is 0 Å². The van der Waals surface area contributed by atoms with E-state index in [1.807, 2.05) is 19.1 Å². The minimum atomic E-state index is -0.799. The van der Waals surface area contributed by atoms with Gasteiger partial charge in [-0.25, -0.2) is 0 Å². The number of carbonyl (C=O) groups is 3. The zero-order valence-electron chi connectivity index (χ0n) is 20.0. The first-order valence-corrected chi connectivity index (χ1v) is 12.1. The number of hydrogen-bond acceptors (Lipinski definition) is 5. The average Bonchev–Trinajstić information content (AvgIpc) is 3.41. The molecule has 8 nitrogen and oxygen atoms in total. The van der Waals surface area contributed by atoms with E-state index in [-0.39, 0.29) is 30.2 Å². The lowest BCUT2D eigenvalue weighted by molar-refractivity contribution is -0.140. The van der Waals surface area contributed by atoms with Gasteiger partial charge in [0, 0.05) is 12.6 Å². The van der Waals surface area contributed by atoms with Crippen LogP contribution in [0.25, 0.3) is 0 Å².